The van der Waals surface area contributed by atoms with E-state index in [1.165, 1.54) is 0 Å². The molecule has 1 aromatic rings. The zero-order chi connectivity index (χ0) is 13.8. The van der Waals surface area contributed by atoms with Crippen molar-refractivity contribution in [3.8, 4) is 5.75 Å². The monoisotopic (exact) mass is 272 g/mol. The fourth-order valence-corrected chi connectivity index (χ4v) is 3.32. The van der Waals surface area contributed by atoms with E-state index in [4.69, 9.17) is 4.74 Å². The van der Waals surface area contributed by atoms with Crippen molar-refractivity contribution in [3.63, 3.8) is 0 Å². The minimum atomic E-state index is -3.46. The molecule has 18 heavy (non-hydrogen) atoms. The van der Waals surface area contributed by atoms with Gasteiger partial charge in [-0.3, -0.25) is 0 Å². The third kappa shape index (κ3) is 3.44. The van der Waals surface area contributed by atoms with Gasteiger partial charge >= 0.3 is 0 Å². The number of likely N-dealkylation sites (N-methyl/N-ethyl adjacent to an activating group) is 1. The van der Waals surface area contributed by atoms with Crippen LogP contribution < -0.4 is 14.8 Å². The first-order valence-corrected chi connectivity index (χ1v) is 7.20. The maximum absolute atomic E-state index is 12.2. The number of rotatable bonds is 6. The van der Waals surface area contributed by atoms with Crippen molar-refractivity contribution in [3.05, 3.63) is 23.3 Å². The van der Waals surface area contributed by atoms with Crippen LogP contribution in [0.5, 0.6) is 5.75 Å². The molecule has 0 bridgehead atoms. The van der Waals surface area contributed by atoms with Crippen LogP contribution >= 0.6 is 0 Å². The molecule has 0 heterocycles. The highest BCUT2D eigenvalue weighted by Crippen LogP contribution is 2.25. The van der Waals surface area contributed by atoms with E-state index < -0.39 is 10.0 Å². The molecule has 0 aliphatic rings. The van der Waals surface area contributed by atoms with Gasteiger partial charge in [0.2, 0.25) is 10.0 Å². The van der Waals surface area contributed by atoms with Crippen LogP contribution in [0.15, 0.2) is 17.0 Å². The van der Waals surface area contributed by atoms with Crippen LogP contribution in [0.1, 0.15) is 11.1 Å². The van der Waals surface area contributed by atoms with Crippen molar-refractivity contribution in [2.24, 2.45) is 0 Å². The Morgan fingerprint density at radius 1 is 1.17 bits per heavy atom. The lowest BCUT2D eigenvalue weighted by molar-refractivity contribution is 0.413. The van der Waals surface area contributed by atoms with E-state index in [9.17, 15) is 8.42 Å². The van der Waals surface area contributed by atoms with Gasteiger partial charge in [-0.25, -0.2) is 13.1 Å². The molecule has 0 aliphatic carbocycles. The number of hydrogen-bond acceptors (Lipinski definition) is 4. The molecule has 0 fully saturated rings. The van der Waals surface area contributed by atoms with E-state index in [-0.39, 0.29) is 0 Å². The molecule has 102 valence electrons. The highest BCUT2D eigenvalue weighted by atomic mass is 32.2. The van der Waals surface area contributed by atoms with Crippen molar-refractivity contribution >= 4 is 10.0 Å². The van der Waals surface area contributed by atoms with Crippen LogP contribution in [0.2, 0.25) is 0 Å². The van der Waals surface area contributed by atoms with Gasteiger partial charge in [-0.1, -0.05) is 0 Å². The lowest BCUT2D eigenvalue weighted by Gasteiger charge is -2.13. The predicted octanol–water partition coefficient (Wildman–Crippen LogP) is 0.810. The van der Waals surface area contributed by atoms with Gasteiger partial charge in [0.25, 0.3) is 0 Å². The maximum atomic E-state index is 12.2. The van der Waals surface area contributed by atoms with E-state index in [1.54, 1.807) is 40.1 Å². The maximum Gasteiger partial charge on any atom is 0.241 e. The molecule has 0 saturated carbocycles. The van der Waals surface area contributed by atoms with Gasteiger partial charge in [-0.05, 0) is 44.2 Å². The Bertz CT molecular complexity index is 489. The number of nitrogens with one attached hydrogen (secondary N) is 2. The van der Waals surface area contributed by atoms with Gasteiger partial charge in [0.05, 0.1) is 12.0 Å². The van der Waals surface area contributed by atoms with Crippen LogP contribution in [0, 0.1) is 13.8 Å². The van der Waals surface area contributed by atoms with E-state index >= 15 is 0 Å². The first-order valence-electron chi connectivity index (χ1n) is 5.72. The van der Waals surface area contributed by atoms with Crippen molar-refractivity contribution in [2.75, 3.05) is 27.2 Å². The fourth-order valence-electron chi connectivity index (χ4n) is 1.83. The highest BCUT2D eigenvalue weighted by Gasteiger charge is 2.19. The minimum Gasteiger partial charge on any atom is -0.497 e. The Balaban J connectivity index is 3.09. The lowest BCUT2D eigenvalue weighted by Crippen LogP contribution is -2.31. The summed E-state index contributed by atoms with van der Waals surface area (Å²) >= 11 is 0. The molecule has 1 aromatic carbocycles. The number of benzene rings is 1. The van der Waals surface area contributed by atoms with Gasteiger partial charge in [0.1, 0.15) is 5.75 Å². The van der Waals surface area contributed by atoms with Crippen LogP contribution in [0.25, 0.3) is 0 Å². The van der Waals surface area contributed by atoms with Crippen molar-refractivity contribution in [1.29, 1.82) is 0 Å². The minimum absolute atomic E-state index is 0.333. The molecule has 1 rings (SSSR count). The molecule has 0 unspecified atom stereocenters. The van der Waals surface area contributed by atoms with Crippen LogP contribution in [-0.2, 0) is 10.0 Å². The fraction of sp³-hybridized carbons (Fsp3) is 0.500. The second-order valence-electron chi connectivity index (χ2n) is 4.09. The largest absolute Gasteiger partial charge is 0.497 e. The second-order valence-corrected chi connectivity index (χ2v) is 5.80. The number of methoxy groups -OCH3 is 1. The average molecular weight is 272 g/mol. The molecule has 0 spiro atoms. The Morgan fingerprint density at radius 2 is 1.72 bits per heavy atom. The molecule has 2 N–H and O–H groups in total. The summed E-state index contributed by atoms with van der Waals surface area (Å²) in [7, 11) is -0.125. The average Bonchev–Trinajstić information content (AvgIpc) is 2.27. The Labute approximate surface area is 109 Å². The first-order chi connectivity index (χ1) is 8.42. The molecule has 0 radical (unpaired) electrons. The van der Waals surface area contributed by atoms with Gasteiger partial charge in [0.15, 0.2) is 0 Å². The van der Waals surface area contributed by atoms with Crippen LogP contribution in [0.3, 0.4) is 0 Å². The summed E-state index contributed by atoms with van der Waals surface area (Å²) in [6.07, 6.45) is 0. The van der Waals surface area contributed by atoms with Gasteiger partial charge in [0, 0.05) is 13.1 Å². The third-order valence-corrected chi connectivity index (χ3v) is 4.37. The predicted molar refractivity (Wildman–Crippen MR) is 71.6 cm³/mol. The van der Waals surface area contributed by atoms with Crippen molar-refractivity contribution in [2.45, 2.75) is 18.7 Å². The Hall–Kier alpha value is -1.11. The second kappa shape index (κ2) is 6.17. The summed E-state index contributed by atoms with van der Waals surface area (Å²) < 4.78 is 32.0. The molecule has 0 aliphatic heterocycles. The van der Waals surface area contributed by atoms with E-state index in [1.807, 2.05) is 0 Å². The van der Waals surface area contributed by atoms with Gasteiger partial charge in [-0.15, -0.1) is 0 Å². The zero-order valence-corrected chi connectivity index (χ0v) is 12.0. The van der Waals surface area contributed by atoms with E-state index in [0.717, 1.165) is 0 Å². The number of hydrogen-bond donors (Lipinski definition) is 2. The van der Waals surface area contributed by atoms with Gasteiger partial charge < -0.3 is 10.1 Å². The summed E-state index contributed by atoms with van der Waals surface area (Å²) in [5.74, 6) is 0.666. The lowest BCUT2D eigenvalue weighted by atomic mass is 10.1. The van der Waals surface area contributed by atoms with Crippen molar-refractivity contribution < 1.29 is 13.2 Å². The molecule has 0 aromatic heterocycles. The van der Waals surface area contributed by atoms with E-state index in [2.05, 4.69) is 10.0 Å². The summed E-state index contributed by atoms with van der Waals surface area (Å²) in [4.78, 5) is 0.333. The molecule has 0 amide bonds. The van der Waals surface area contributed by atoms with Crippen molar-refractivity contribution in [1.82, 2.24) is 10.0 Å². The van der Waals surface area contributed by atoms with Crippen LogP contribution in [-0.4, -0.2) is 35.7 Å². The standard InChI is InChI=1S/C12H20N2O3S/c1-9-7-11(17-4)8-10(2)12(9)18(15,16)14-6-5-13-3/h7-8,13-14H,5-6H2,1-4H3. The highest BCUT2D eigenvalue weighted by molar-refractivity contribution is 7.89. The number of ether oxygens (including phenoxy) is 1. The van der Waals surface area contributed by atoms with E-state index in [0.29, 0.717) is 34.9 Å². The summed E-state index contributed by atoms with van der Waals surface area (Å²) in [5, 5.41) is 2.89. The topological polar surface area (TPSA) is 67.4 Å². The summed E-state index contributed by atoms with van der Waals surface area (Å²) in [6, 6.07) is 3.44. The molecule has 0 saturated heterocycles. The zero-order valence-electron chi connectivity index (χ0n) is 11.2. The quantitative estimate of drug-likeness (QED) is 0.752. The smallest absolute Gasteiger partial charge is 0.241 e. The van der Waals surface area contributed by atoms with Gasteiger partial charge in [-0.2, -0.15) is 0 Å². The Kier molecular flexibility index (Phi) is 5.13. The molecular formula is C12H20N2O3S. The molecular weight excluding hydrogens is 252 g/mol. The normalized spacial score (nSPS) is 11.6. The van der Waals surface area contributed by atoms with Crippen LogP contribution in [0.4, 0.5) is 0 Å². The SMILES string of the molecule is CNCCNS(=O)(=O)c1c(C)cc(OC)cc1C. The summed E-state index contributed by atoms with van der Waals surface area (Å²) in [6.45, 7) is 4.49. The Morgan fingerprint density at radius 3 is 2.17 bits per heavy atom. The summed E-state index contributed by atoms with van der Waals surface area (Å²) in [5.41, 5.74) is 1.37. The number of sulfonamides is 1. The molecule has 6 heteroatoms. The molecule has 5 nitrogen and oxygen atoms in total. The third-order valence-electron chi connectivity index (χ3n) is 2.61. The molecule has 0 atom stereocenters. The number of aryl methyl sites for hydroxylation is 2. The first kappa shape index (κ1) is 14.9.